The summed E-state index contributed by atoms with van der Waals surface area (Å²) in [5.74, 6) is 1.43. The Morgan fingerprint density at radius 2 is 1.57 bits per heavy atom. The molecule has 3 aromatic carbocycles. The van der Waals surface area contributed by atoms with E-state index in [1.54, 1.807) is 0 Å². The first kappa shape index (κ1) is 22.0. The summed E-state index contributed by atoms with van der Waals surface area (Å²) in [6, 6.07) is 23.6. The Bertz CT molecular complexity index is 1190. The van der Waals surface area contributed by atoms with E-state index < -0.39 is 0 Å². The van der Waals surface area contributed by atoms with Crippen molar-refractivity contribution >= 4 is 16.7 Å². The molecule has 3 nitrogen and oxygen atoms in total. The zero-order valence-corrected chi connectivity index (χ0v) is 20.0. The minimum absolute atomic E-state index is 0. The maximum absolute atomic E-state index is 7.57. The number of hydrogen-bond donors (Lipinski definition) is 0. The zero-order chi connectivity index (χ0) is 20.5. The maximum Gasteiger partial charge on any atom is 0.187 e. The average Bonchev–Trinajstić information content (AvgIpc) is 3.12. The van der Waals surface area contributed by atoms with Crippen molar-refractivity contribution in [2.75, 3.05) is 0 Å². The van der Waals surface area contributed by atoms with Crippen molar-refractivity contribution in [3.05, 3.63) is 89.3 Å². The van der Waals surface area contributed by atoms with Crippen LogP contribution < -0.4 is 0 Å². The molecule has 0 bridgehead atoms. The molecule has 0 amide bonds. The molecular formula is C26H24IrN3-. The number of nitrogens with zero attached hydrogens (tertiary/aromatic N) is 3. The van der Waals surface area contributed by atoms with Gasteiger partial charge >= 0.3 is 0 Å². The molecule has 0 spiro atoms. The molecule has 0 N–H and O–H groups in total. The smallest absolute Gasteiger partial charge is 0.187 e. The van der Waals surface area contributed by atoms with Gasteiger partial charge in [-0.25, -0.2) is 4.85 Å². The van der Waals surface area contributed by atoms with Gasteiger partial charge in [-0.2, -0.15) is 0 Å². The van der Waals surface area contributed by atoms with Gasteiger partial charge in [-0.1, -0.05) is 52.0 Å². The quantitative estimate of drug-likeness (QED) is 0.236. The minimum Gasteiger partial charge on any atom is -0.333 e. The number of fused-ring (bicyclic) bond motifs is 1. The number of aromatic nitrogens is 2. The van der Waals surface area contributed by atoms with Crippen molar-refractivity contribution in [1.29, 1.82) is 0 Å². The van der Waals surface area contributed by atoms with Gasteiger partial charge in [0.2, 0.25) is 0 Å². The first-order valence-electron chi connectivity index (χ1n) is 10.0. The molecule has 1 radical (unpaired) electrons. The van der Waals surface area contributed by atoms with E-state index in [9.17, 15) is 0 Å². The summed E-state index contributed by atoms with van der Waals surface area (Å²) in [5.41, 5.74) is 7.16. The molecule has 4 aromatic rings. The SMILES string of the molecule is [C-]#[N+]c1cc(C(C)C)c(-n2c(-c3[c-]cccc3)nc3ccccc32)c(C(C)C)c1.[Ir]. The Balaban J connectivity index is 0.00000256. The van der Waals surface area contributed by atoms with Crippen molar-refractivity contribution < 1.29 is 20.1 Å². The van der Waals surface area contributed by atoms with Gasteiger partial charge in [-0.05, 0) is 35.1 Å². The summed E-state index contributed by atoms with van der Waals surface area (Å²) in [7, 11) is 0. The van der Waals surface area contributed by atoms with Crippen LogP contribution in [0.25, 0.3) is 33.0 Å². The van der Waals surface area contributed by atoms with Crippen molar-refractivity contribution in [2.24, 2.45) is 0 Å². The molecule has 0 saturated heterocycles. The predicted molar refractivity (Wildman–Crippen MR) is 120 cm³/mol. The summed E-state index contributed by atoms with van der Waals surface area (Å²) >= 11 is 0. The monoisotopic (exact) mass is 571 g/mol. The van der Waals surface area contributed by atoms with E-state index in [2.05, 4.69) is 67.4 Å². The third-order valence-electron chi connectivity index (χ3n) is 5.26. The molecule has 4 rings (SSSR count). The summed E-state index contributed by atoms with van der Waals surface area (Å²) in [4.78, 5) is 8.71. The molecule has 0 unspecified atom stereocenters. The van der Waals surface area contributed by atoms with Gasteiger partial charge in [0.25, 0.3) is 0 Å². The van der Waals surface area contributed by atoms with E-state index in [1.165, 1.54) is 11.1 Å². The number of hydrogen-bond acceptors (Lipinski definition) is 1. The molecule has 0 aliphatic rings. The Labute approximate surface area is 192 Å². The van der Waals surface area contributed by atoms with Gasteiger partial charge < -0.3 is 4.57 Å². The van der Waals surface area contributed by atoms with E-state index in [0.29, 0.717) is 5.69 Å². The fraction of sp³-hybridized carbons (Fsp3) is 0.231. The summed E-state index contributed by atoms with van der Waals surface area (Å²) in [5, 5.41) is 0. The van der Waals surface area contributed by atoms with Crippen LogP contribution >= 0.6 is 0 Å². The Morgan fingerprint density at radius 1 is 0.933 bits per heavy atom. The molecule has 4 heteroatoms. The largest absolute Gasteiger partial charge is 0.333 e. The molecule has 1 aromatic heterocycles. The Hall–Kier alpha value is -2.73. The molecule has 153 valence electrons. The number of rotatable bonds is 4. The van der Waals surface area contributed by atoms with Crippen molar-refractivity contribution in [1.82, 2.24) is 9.55 Å². The van der Waals surface area contributed by atoms with Crippen LogP contribution in [-0.2, 0) is 20.1 Å². The van der Waals surface area contributed by atoms with E-state index in [0.717, 1.165) is 28.1 Å². The van der Waals surface area contributed by atoms with Gasteiger partial charge in [0.15, 0.2) is 5.69 Å². The van der Waals surface area contributed by atoms with Gasteiger partial charge in [0.05, 0.1) is 23.4 Å². The zero-order valence-electron chi connectivity index (χ0n) is 17.6. The molecule has 1 heterocycles. The molecule has 0 aliphatic carbocycles. The number of para-hydroxylation sites is 2. The number of imidazole rings is 1. The molecule has 0 saturated carbocycles. The van der Waals surface area contributed by atoms with Gasteiger partial charge in [-0.15, -0.1) is 35.9 Å². The summed E-state index contributed by atoms with van der Waals surface area (Å²) < 4.78 is 2.26. The molecule has 0 aliphatic heterocycles. The summed E-state index contributed by atoms with van der Waals surface area (Å²) in [6.07, 6.45) is 0. The molecule has 0 fully saturated rings. The van der Waals surface area contributed by atoms with Gasteiger partial charge in [0.1, 0.15) is 0 Å². The van der Waals surface area contributed by atoms with E-state index in [1.807, 2.05) is 36.4 Å². The van der Waals surface area contributed by atoms with Crippen molar-refractivity contribution in [2.45, 2.75) is 39.5 Å². The fourth-order valence-corrected chi connectivity index (χ4v) is 3.83. The second-order valence-corrected chi connectivity index (χ2v) is 7.93. The van der Waals surface area contributed by atoms with Crippen LogP contribution in [0.4, 0.5) is 5.69 Å². The normalized spacial score (nSPS) is 11.0. The Kier molecular flexibility index (Phi) is 6.56. The van der Waals surface area contributed by atoms with E-state index in [4.69, 9.17) is 11.6 Å². The van der Waals surface area contributed by atoms with Crippen LogP contribution in [0.1, 0.15) is 50.7 Å². The van der Waals surface area contributed by atoms with Crippen LogP contribution in [0.2, 0.25) is 0 Å². The van der Waals surface area contributed by atoms with Gasteiger partial charge in [-0.3, -0.25) is 4.98 Å². The number of benzene rings is 3. The van der Waals surface area contributed by atoms with E-state index >= 15 is 0 Å². The van der Waals surface area contributed by atoms with Crippen LogP contribution in [-0.4, -0.2) is 9.55 Å². The van der Waals surface area contributed by atoms with Crippen molar-refractivity contribution in [3.63, 3.8) is 0 Å². The molecule has 30 heavy (non-hydrogen) atoms. The predicted octanol–water partition coefficient (Wildman–Crippen LogP) is 7.29. The third-order valence-corrected chi connectivity index (χ3v) is 5.26. The average molecular weight is 571 g/mol. The molecular weight excluding hydrogens is 547 g/mol. The second-order valence-electron chi connectivity index (χ2n) is 7.93. The first-order chi connectivity index (χ1) is 14.0. The van der Waals surface area contributed by atoms with Gasteiger partial charge in [0, 0.05) is 25.8 Å². The summed E-state index contributed by atoms with van der Waals surface area (Å²) in [6.45, 7) is 16.3. The fourth-order valence-electron chi connectivity index (χ4n) is 3.83. The van der Waals surface area contributed by atoms with E-state index in [-0.39, 0.29) is 31.9 Å². The Morgan fingerprint density at radius 3 is 2.13 bits per heavy atom. The van der Waals surface area contributed by atoms with Crippen LogP contribution in [0.3, 0.4) is 0 Å². The van der Waals surface area contributed by atoms with Crippen LogP contribution in [0.15, 0.2) is 60.7 Å². The second kappa shape index (κ2) is 8.96. The van der Waals surface area contributed by atoms with Crippen molar-refractivity contribution in [3.8, 4) is 17.1 Å². The van der Waals surface area contributed by atoms with Crippen LogP contribution in [0.5, 0.6) is 0 Å². The standard InChI is InChI=1S/C26H24N3.Ir/c1-17(2)21-15-20(27-5)16-22(18(3)4)25(21)29-24-14-10-9-13-23(24)28-26(29)19-11-7-6-8-12-19;/h6-11,13-18H,1-4H3;/q-1;. The topological polar surface area (TPSA) is 22.2 Å². The van der Waals surface area contributed by atoms with Crippen LogP contribution in [0, 0.1) is 12.6 Å². The minimum atomic E-state index is 0. The first-order valence-corrected chi connectivity index (χ1v) is 10.0. The maximum atomic E-state index is 7.57. The molecule has 0 atom stereocenters. The third kappa shape index (κ3) is 3.84.